The van der Waals surface area contributed by atoms with Crippen LogP contribution in [0.5, 0.6) is 11.5 Å². The lowest BCUT2D eigenvalue weighted by Gasteiger charge is -2.15. The second-order valence-corrected chi connectivity index (χ2v) is 4.78. The molecule has 110 valence electrons. The van der Waals surface area contributed by atoms with Crippen LogP contribution in [0.25, 0.3) is 5.57 Å². The van der Waals surface area contributed by atoms with Gasteiger partial charge in [-0.2, -0.15) is 0 Å². The van der Waals surface area contributed by atoms with E-state index in [1.165, 1.54) is 5.57 Å². The van der Waals surface area contributed by atoms with Gasteiger partial charge in [0, 0.05) is 5.56 Å². The van der Waals surface area contributed by atoms with Crippen LogP contribution in [0.3, 0.4) is 0 Å². The predicted molar refractivity (Wildman–Crippen MR) is 87.7 cm³/mol. The summed E-state index contributed by atoms with van der Waals surface area (Å²) in [5.74, 6) is 1.59. The Balaban J connectivity index is 2.25. The molecule has 0 N–H and O–H groups in total. The minimum absolute atomic E-state index is 0.540. The quantitative estimate of drug-likeness (QED) is 0.735. The molecule has 0 atom stereocenters. The first kappa shape index (κ1) is 15.2. The lowest BCUT2D eigenvalue weighted by atomic mass is 10.0. The molecule has 0 radical (unpaired) electrons. The first-order chi connectivity index (χ1) is 10.3. The average molecular weight is 282 g/mol. The van der Waals surface area contributed by atoms with Crippen LogP contribution in [0.4, 0.5) is 0 Å². The molecule has 21 heavy (non-hydrogen) atoms. The van der Waals surface area contributed by atoms with Crippen LogP contribution in [0.1, 0.15) is 31.4 Å². The van der Waals surface area contributed by atoms with Gasteiger partial charge in [-0.15, -0.1) is 0 Å². The third-order valence-corrected chi connectivity index (χ3v) is 3.50. The topological polar surface area (TPSA) is 18.5 Å². The number of para-hydroxylation sites is 1. The largest absolute Gasteiger partial charge is 0.492 e. The van der Waals surface area contributed by atoms with Crippen molar-refractivity contribution < 1.29 is 9.47 Å². The van der Waals surface area contributed by atoms with Gasteiger partial charge in [0.2, 0.25) is 0 Å². The van der Waals surface area contributed by atoms with Crippen LogP contribution < -0.4 is 9.47 Å². The minimum Gasteiger partial charge on any atom is -0.492 e. The molecular weight excluding hydrogens is 260 g/mol. The van der Waals surface area contributed by atoms with E-state index in [0.717, 1.165) is 29.0 Å². The van der Waals surface area contributed by atoms with Crippen LogP contribution in [-0.2, 0) is 6.61 Å². The van der Waals surface area contributed by atoms with E-state index < -0.39 is 0 Å². The smallest absolute Gasteiger partial charge is 0.168 e. The summed E-state index contributed by atoms with van der Waals surface area (Å²) in [7, 11) is 1.69. The molecule has 0 fully saturated rings. The molecule has 0 aliphatic carbocycles. The molecule has 0 aromatic heterocycles. The van der Waals surface area contributed by atoms with Crippen molar-refractivity contribution in [1.29, 1.82) is 0 Å². The molecule has 2 rings (SSSR count). The Morgan fingerprint density at radius 2 is 1.81 bits per heavy atom. The van der Waals surface area contributed by atoms with Gasteiger partial charge in [0.15, 0.2) is 11.5 Å². The van der Waals surface area contributed by atoms with E-state index in [1.807, 2.05) is 30.3 Å². The minimum atomic E-state index is 0.540. The fourth-order valence-electron chi connectivity index (χ4n) is 2.38. The predicted octanol–water partition coefficient (Wildman–Crippen LogP) is 5.09. The summed E-state index contributed by atoms with van der Waals surface area (Å²) in [6.45, 7) is 4.74. The zero-order chi connectivity index (χ0) is 15.1. The molecule has 2 aromatic carbocycles. The van der Waals surface area contributed by atoms with Gasteiger partial charge in [-0.3, -0.25) is 0 Å². The van der Waals surface area contributed by atoms with Gasteiger partial charge in [-0.05, 0) is 30.5 Å². The average Bonchev–Trinajstić information content (AvgIpc) is 2.55. The van der Waals surface area contributed by atoms with Crippen LogP contribution >= 0.6 is 0 Å². The number of ether oxygens (including phenoxy) is 2. The summed E-state index contributed by atoms with van der Waals surface area (Å²) in [6, 6.07) is 16.2. The van der Waals surface area contributed by atoms with Crippen molar-refractivity contribution in [2.75, 3.05) is 7.11 Å². The zero-order valence-electron chi connectivity index (χ0n) is 12.9. The maximum Gasteiger partial charge on any atom is 0.168 e. The van der Waals surface area contributed by atoms with Crippen molar-refractivity contribution in [2.45, 2.75) is 26.9 Å². The number of allylic oxidation sites excluding steroid dienone is 2. The van der Waals surface area contributed by atoms with Crippen molar-refractivity contribution in [2.24, 2.45) is 0 Å². The van der Waals surface area contributed by atoms with Gasteiger partial charge < -0.3 is 9.47 Å². The van der Waals surface area contributed by atoms with Crippen molar-refractivity contribution in [3.63, 3.8) is 0 Å². The van der Waals surface area contributed by atoms with Gasteiger partial charge in [-0.25, -0.2) is 0 Å². The third kappa shape index (κ3) is 3.66. The summed E-state index contributed by atoms with van der Waals surface area (Å²) in [5.41, 5.74) is 3.51. The highest BCUT2D eigenvalue weighted by Crippen LogP contribution is 2.36. The molecule has 0 heterocycles. The molecule has 2 aromatic rings. The standard InChI is InChI=1S/C19H22O2/c1-4-16(5-2)17-12-9-13-18(19(17)20-3)21-14-15-10-7-6-8-11-15/h4,6-13H,5,14H2,1-3H3/b16-4-. The van der Waals surface area contributed by atoms with Gasteiger partial charge in [0.1, 0.15) is 6.61 Å². The molecule has 0 amide bonds. The van der Waals surface area contributed by atoms with Gasteiger partial charge >= 0.3 is 0 Å². The first-order valence-electron chi connectivity index (χ1n) is 7.29. The normalized spacial score (nSPS) is 11.3. The lowest BCUT2D eigenvalue weighted by Crippen LogP contribution is -1.99. The van der Waals surface area contributed by atoms with E-state index in [2.05, 4.69) is 38.1 Å². The van der Waals surface area contributed by atoms with E-state index in [0.29, 0.717) is 6.61 Å². The maximum atomic E-state index is 5.94. The fraction of sp³-hybridized carbons (Fsp3) is 0.263. The molecule has 0 aliphatic rings. The van der Waals surface area contributed by atoms with Crippen LogP contribution in [0, 0.1) is 0 Å². The third-order valence-electron chi connectivity index (χ3n) is 3.50. The summed E-state index contributed by atoms with van der Waals surface area (Å²) >= 11 is 0. The van der Waals surface area contributed by atoms with Gasteiger partial charge in [0.25, 0.3) is 0 Å². The Labute approximate surface area is 127 Å². The number of hydrogen-bond acceptors (Lipinski definition) is 2. The summed E-state index contributed by atoms with van der Waals surface area (Å²) in [4.78, 5) is 0. The molecule has 0 bridgehead atoms. The van der Waals surface area contributed by atoms with Crippen LogP contribution in [-0.4, -0.2) is 7.11 Å². The van der Waals surface area contributed by atoms with Crippen LogP contribution in [0.2, 0.25) is 0 Å². The summed E-state index contributed by atoms with van der Waals surface area (Å²) < 4.78 is 11.5. The Morgan fingerprint density at radius 1 is 1.05 bits per heavy atom. The molecule has 0 saturated carbocycles. The molecule has 2 heteroatoms. The van der Waals surface area contributed by atoms with E-state index >= 15 is 0 Å². The number of methoxy groups -OCH3 is 1. The lowest BCUT2D eigenvalue weighted by molar-refractivity contribution is 0.284. The van der Waals surface area contributed by atoms with Gasteiger partial charge in [-0.1, -0.05) is 55.5 Å². The number of rotatable bonds is 6. The molecule has 0 saturated heterocycles. The highest BCUT2D eigenvalue weighted by molar-refractivity contribution is 5.72. The SMILES string of the molecule is C/C=C(/CC)c1cccc(OCc2ccccc2)c1OC. The molecule has 0 unspecified atom stereocenters. The van der Waals surface area contributed by atoms with E-state index in [1.54, 1.807) is 7.11 Å². The molecule has 2 nitrogen and oxygen atoms in total. The maximum absolute atomic E-state index is 5.94. The molecule has 0 spiro atoms. The van der Waals surface area contributed by atoms with Crippen molar-refractivity contribution >= 4 is 5.57 Å². The Hall–Kier alpha value is -2.22. The van der Waals surface area contributed by atoms with Gasteiger partial charge in [0.05, 0.1) is 7.11 Å². The molecule has 0 aliphatic heterocycles. The second kappa shape index (κ2) is 7.53. The monoisotopic (exact) mass is 282 g/mol. The fourth-order valence-corrected chi connectivity index (χ4v) is 2.38. The second-order valence-electron chi connectivity index (χ2n) is 4.78. The number of hydrogen-bond donors (Lipinski definition) is 0. The highest BCUT2D eigenvalue weighted by atomic mass is 16.5. The first-order valence-corrected chi connectivity index (χ1v) is 7.29. The zero-order valence-corrected chi connectivity index (χ0v) is 12.9. The van der Waals surface area contributed by atoms with Crippen molar-refractivity contribution in [3.05, 3.63) is 65.7 Å². The number of benzene rings is 2. The van der Waals surface area contributed by atoms with Crippen molar-refractivity contribution in [1.82, 2.24) is 0 Å². The Bertz CT molecular complexity index is 600. The van der Waals surface area contributed by atoms with E-state index in [4.69, 9.17) is 9.47 Å². The van der Waals surface area contributed by atoms with E-state index in [-0.39, 0.29) is 0 Å². The molecular formula is C19H22O2. The summed E-state index contributed by atoms with van der Waals surface area (Å²) in [5, 5.41) is 0. The Morgan fingerprint density at radius 3 is 2.43 bits per heavy atom. The summed E-state index contributed by atoms with van der Waals surface area (Å²) in [6.07, 6.45) is 3.09. The van der Waals surface area contributed by atoms with Crippen molar-refractivity contribution in [3.8, 4) is 11.5 Å². The van der Waals surface area contributed by atoms with E-state index in [9.17, 15) is 0 Å². The Kier molecular flexibility index (Phi) is 5.44. The highest BCUT2D eigenvalue weighted by Gasteiger charge is 2.12. The van der Waals surface area contributed by atoms with Crippen LogP contribution in [0.15, 0.2) is 54.6 Å².